The lowest BCUT2D eigenvalue weighted by Crippen LogP contribution is -2.31. The Balaban J connectivity index is 1.88. The van der Waals surface area contributed by atoms with E-state index in [-0.39, 0.29) is 16.6 Å². The van der Waals surface area contributed by atoms with Crippen molar-refractivity contribution >= 4 is 39.2 Å². The number of anilines is 1. The Morgan fingerprint density at radius 3 is 2.59 bits per heavy atom. The number of nitrogens with one attached hydrogen (secondary N) is 2. The summed E-state index contributed by atoms with van der Waals surface area (Å²) >= 11 is 1.61. The highest BCUT2D eigenvalue weighted by molar-refractivity contribution is 7.98. The first-order valence-corrected chi connectivity index (χ1v) is 11.3. The average molecular weight is 404 g/mol. The predicted molar refractivity (Wildman–Crippen MR) is 110 cm³/mol. The second-order valence-corrected chi connectivity index (χ2v) is 8.87. The number of nitrogens with zero attached hydrogens (tertiary/aromatic N) is 1. The maximum atomic E-state index is 12.8. The van der Waals surface area contributed by atoms with Crippen molar-refractivity contribution in [3.05, 3.63) is 59.7 Å². The van der Waals surface area contributed by atoms with Crippen molar-refractivity contribution in [3.63, 3.8) is 0 Å². The third kappa shape index (κ3) is 4.51. The molecule has 0 saturated heterocycles. The van der Waals surface area contributed by atoms with Crippen LogP contribution in [-0.4, -0.2) is 38.2 Å². The summed E-state index contributed by atoms with van der Waals surface area (Å²) in [4.78, 5) is 17.4. The summed E-state index contributed by atoms with van der Waals surface area (Å²) in [6, 6.07) is 13.4. The fourth-order valence-electron chi connectivity index (χ4n) is 2.73. The number of aryl methyl sites for hydroxylation is 1. The topological polar surface area (TPSA) is 87.6 Å². The van der Waals surface area contributed by atoms with Gasteiger partial charge in [0, 0.05) is 11.3 Å². The first kappa shape index (κ1) is 19.4. The van der Waals surface area contributed by atoms with Gasteiger partial charge in [-0.25, -0.2) is 8.42 Å². The Bertz CT molecular complexity index is 970. The second kappa shape index (κ2) is 8.14. The van der Waals surface area contributed by atoms with E-state index in [1.165, 1.54) is 6.07 Å². The van der Waals surface area contributed by atoms with Crippen LogP contribution in [0.4, 0.5) is 5.69 Å². The number of hydrogen-bond donors (Lipinski definition) is 2. The number of amidine groups is 1. The molecule has 0 fully saturated rings. The molecule has 0 spiro atoms. The molecule has 1 aliphatic rings. The number of aliphatic imine (C=N–C) groups is 1. The van der Waals surface area contributed by atoms with Crippen LogP contribution in [0.1, 0.15) is 17.5 Å². The Morgan fingerprint density at radius 1 is 1.19 bits per heavy atom. The second-order valence-electron chi connectivity index (χ2n) is 6.23. The molecule has 2 N–H and O–H groups in total. The Kier molecular flexibility index (Phi) is 5.86. The number of carbonyl (C=O) groups is 1. The fraction of sp³-hybridized carbons (Fsp3) is 0.263. The number of hydrogen-bond acceptors (Lipinski definition) is 5. The van der Waals surface area contributed by atoms with Gasteiger partial charge in [0.2, 0.25) is 5.91 Å². The van der Waals surface area contributed by atoms with Gasteiger partial charge < -0.3 is 5.32 Å². The van der Waals surface area contributed by atoms with Gasteiger partial charge in [0.1, 0.15) is 11.9 Å². The predicted octanol–water partition coefficient (Wildman–Crippen LogP) is 2.79. The van der Waals surface area contributed by atoms with Gasteiger partial charge in [-0.15, -0.1) is 0 Å². The van der Waals surface area contributed by atoms with E-state index in [4.69, 9.17) is 0 Å². The quantitative estimate of drug-likeness (QED) is 0.776. The van der Waals surface area contributed by atoms with E-state index in [0.717, 1.165) is 11.3 Å². The largest absolute Gasteiger partial charge is 0.324 e. The molecule has 0 unspecified atom stereocenters. The van der Waals surface area contributed by atoms with Crippen LogP contribution in [-0.2, 0) is 14.8 Å². The Labute approximate surface area is 163 Å². The van der Waals surface area contributed by atoms with Gasteiger partial charge in [0.25, 0.3) is 10.0 Å². The first-order chi connectivity index (χ1) is 12.9. The van der Waals surface area contributed by atoms with E-state index >= 15 is 0 Å². The zero-order chi connectivity index (χ0) is 19.4. The number of benzene rings is 2. The molecule has 8 heteroatoms. The molecule has 142 valence electrons. The van der Waals surface area contributed by atoms with Crippen molar-refractivity contribution in [1.29, 1.82) is 0 Å². The maximum absolute atomic E-state index is 12.8. The number of fused-ring (bicyclic) bond motifs is 1. The van der Waals surface area contributed by atoms with Crippen LogP contribution < -0.4 is 10.0 Å². The van der Waals surface area contributed by atoms with Gasteiger partial charge in [0.15, 0.2) is 0 Å². The normalized spacial score (nSPS) is 17.2. The van der Waals surface area contributed by atoms with Gasteiger partial charge in [-0.05, 0) is 49.6 Å². The fourth-order valence-corrected chi connectivity index (χ4v) is 4.43. The van der Waals surface area contributed by atoms with Crippen molar-refractivity contribution in [2.24, 2.45) is 4.99 Å². The molecule has 1 aliphatic heterocycles. The summed E-state index contributed by atoms with van der Waals surface area (Å²) < 4.78 is 27.0. The lowest BCUT2D eigenvalue weighted by atomic mass is 10.1. The zero-order valence-electron chi connectivity index (χ0n) is 15.1. The number of sulfonamides is 1. The van der Waals surface area contributed by atoms with Crippen LogP contribution in [0.25, 0.3) is 0 Å². The molecule has 2 aromatic rings. The van der Waals surface area contributed by atoms with Gasteiger partial charge in [0.05, 0.1) is 4.90 Å². The van der Waals surface area contributed by atoms with Gasteiger partial charge >= 0.3 is 0 Å². The van der Waals surface area contributed by atoms with Crippen LogP contribution in [0.5, 0.6) is 0 Å². The van der Waals surface area contributed by atoms with Crippen LogP contribution in [0.15, 0.2) is 58.4 Å². The minimum absolute atomic E-state index is 0.186. The molecule has 0 saturated carbocycles. The number of rotatable bonds is 6. The van der Waals surface area contributed by atoms with Gasteiger partial charge in [-0.2, -0.15) is 11.8 Å². The first-order valence-electron chi connectivity index (χ1n) is 8.47. The van der Waals surface area contributed by atoms with Crippen molar-refractivity contribution in [2.45, 2.75) is 24.3 Å². The number of amides is 1. The molecule has 3 rings (SSSR count). The molecule has 27 heavy (non-hydrogen) atoms. The standard InChI is InChI=1S/C19H21N3O3S2/c1-13-7-9-14(10-8-13)20-19(23)16(11-12-26-2)21-18-15-5-3-4-6-17(15)27(24,25)22-18/h3-10,16H,11-12H2,1-2H3,(H,20,23)(H,21,22)/t16-/m1/s1. The van der Waals surface area contributed by atoms with E-state index in [1.54, 1.807) is 30.0 Å². The smallest absolute Gasteiger partial charge is 0.263 e. The minimum atomic E-state index is -3.63. The highest BCUT2D eigenvalue weighted by atomic mass is 32.2. The molecule has 1 heterocycles. The summed E-state index contributed by atoms with van der Waals surface area (Å²) in [6.45, 7) is 1.97. The van der Waals surface area contributed by atoms with Crippen LogP contribution in [0, 0.1) is 6.92 Å². The van der Waals surface area contributed by atoms with Crippen LogP contribution in [0.2, 0.25) is 0 Å². The van der Waals surface area contributed by atoms with E-state index in [2.05, 4.69) is 15.0 Å². The molecule has 1 atom stereocenters. The lowest BCUT2D eigenvalue weighted by Gasteiger charge is -2.14. The van der Waals surface area contributed by atoms with Gasteiger partial charge in [-0.1, -0.05) is 29.8 Å². The summed E-state index contributed by atoms with van der Waals surface area (Å²) in [5.41, 5.74) is 2.28. The van der Waals surface area contributed by atoms with E-state index < -0.39 is 16.1 Å². The molecule has 0 radical (unpaired) electrons. The zero-order valence-corrected chi connectivity index (χ0v) is 16.7. The molecular formula is C19H21N3O3S2. The molecule has 0 aliphatic carbocycles. The summed E-state index contributed by atoms with van der Waals surface area (Å²) in [6.07, 6.45) is 2.46. The van der Waals surface area contributed by atoms with Crippen LogP contribution >= 0.6 is 11.8 Å². The molecule has 1 amide bonds. The molecule has 2 aromatic carbocycles. The molecule has 0 bridgehead atoms. The third-order valence-electron chi connectivity index (χ3n) is 4.16. The number of carbonyl (C=O) groups excluding carboxylic acids is 1. The van der Waals surface area contributed by atoms with E-state index in [0.29, 0.717) is 17.7 Å². The van der Waals surface area contributed by atoms with E-state index in [9.17, 15) is 13.2 Å². The Morgan fingerprint density at radius 2 is 1.89 bits per heavy atom. The molecule has 6 nitrogen and oxygen atoms in total. The van der Waals surface area contributed by atoms with Crippen LogP contribution in [0.3, 0.4) is 0 Å². The number of thioether (sulfide) groups is 1. The van der Waals surface area contributed by atoms with Crippen molar-refractivity contribution in [2.75, 3.05) is 17.3 Å². The molecular weight excluding hydrogens is 382 g/mol. The SMILES string of the molecule is CSCC[C@@H](N=C1NS(=O)(=O)c2ccccc21)C(=O)Nc1ccc(C)cc1. The highest BCUT2D eigenvalue weighted by Crippen LogP contribution is 2.23. The molecule has 0 aromatic heterocycles. The van der Waals surface area contributed by atoms with Crippen molar-refractivity contribution < 1.29 is 13.2 Å². The summed E-state index contributed by atoms with van der Waals surface area (Å²) in [7, 11) is -3.63. The summed E-state index contributed by atoms with van der Waals surface area (Å²) in [5.74, 6) is 0.691. The monoisotopic (exact) mass is 403 g/mol. The third-order valence-corrected chi connectivity index (χ3v) is 6.21. The summed E-state index contributed by atoms with van der Waals surface area (Å²) in [5, 5.41) is 2.86. The average Bonchev–Trinajstić information content (AvgIpc) is 2.91. The minimum Gasteiger partial charge on any atom is -0.324 e. The van der Waals surface area contributed by atoms with Crippen molar-refractivity contribution in [1.82, 2.24) is 4.72 Å². The highest BCUT2D eigenvalue weighted by Gasteiger charge is 2.31. The lowest BCUT2D eigenvalue weighted by molar-refractivity contribution is -0.117. The van der Waals surface area contributed by atoms with Gasteiger partial charge in [-0.3, -0.25) is 14.5 Å². The Hall–Kier alpha value is -2.32. The van der Waals surface area contributed by atoms with E-state index in [1.807, 2.05) is 37.4 Å². The maximum Gasteiger partial charge on any atom is 0.263 e. The van der Waals surface area contributed by atoms with Crippen molar-refractivity contribution in [3.8, 4) is 0 Å².